The molecule has 16 aromatic carbocycles. The zero-order valence-electron chi connectivity index (χ0n) is 53.8. The molecule has 4 heteroatoms. The number of benzene rings is 16. The van der Waals surface area contributed by atoms with Crippen LogP contribution in [0, 0.1) is 0 Å². The third kappa shape index (κ3) is 9.46. The molecule has 0 nitrogen and oxygen atoms in total. The average Bonchev–Trinajstić information content (AvgIpc) is 1.46. The van der Waals surface area contributed by atoms with Crippen molar-refractivity contribution in [1.29, 1.82) is 0 Å². The third-order valence-corrected chi connectivity index (χ3v) is 73.8. The Morgan fingerprint density at radius 3 is 0.760 bits per heavy atom. The van der Waals surface area contributed by atoms with Crippen molar-refractivity contribution in [3.8, 4) is 44.5 Å². The fraction of sp³-hybridized carbons (Fsp3) is 0.0870. The Balaban J connectivity index is 1.01. The maximum atomic E-state index is 10.3. The minimum absolute atomic E-state index is 0.302. The molecular weight excluding hydrogens is 1300 g/mol. The Kier molecular flexibility index (Phi) is 14.5. The Morgan fingerprint density at radius 2 is 0.500 bits per heavy atom. The van der Waals surface area contributed by atoms with E-state index in [9.17, 15) is 17.0 Å². The van der Waals surface area contributed by atoms with Gasteiger partial charge in [0.1, 0.15) is 0 Å². The predicted octanol–water partition coefficient (Wildman–Crippen LogP) is 26.4. The summed E-state index contributed by atoms with van der Waals surface area (Å²) in [7, 11) is 20.5. The number of hydrogen-bond acceptors (Lipinski definition) is 0. The van der Waals surface area contributed by atoms with Gasteiger partial charge >= 0.3 is 575 Å². The van der Waals surface area contributed by atoms with Gasteiger partial charge in [-0.25, -0.2) is 0 Å². The second-order valence-corrected chi connectivity index (χ2v) is 69.9. The van der Waals surface area contributed by atoms with Crippen LogP contribution in [0.1, 0.15) is 53.5 Å². The summed E-state index contributed by atoms with van der Waals surface area (Å²) in [6, 6.07) is 114. The monoisotopic (exact) mass is 1360 g/mol. The van der Waals surface area contributed by atoms with Crippen LogP contribution in [0.4, 0.5) is 0 Å². The summed E-state index contributed by atoms with van der Waals surface area (Å²) in [4.78, 5) is 0. The summed E-state index contributed by atoms with van der Waals surface area (Å²) < 4.78 is -0.603. The van der Waals surface area contributed by atoms with Crippen molar-refractivity contribution < 1.29 is 15.6 Å². The number of rotatable bonds is 13. The van der Waals surface area contributed by atoms with Crippen molar-refractivity contribution in [3.63, 3.8) is 0 Å². The Morgan fingerprint density at radius 1 is 0.271 bits per heavy atom. The molecule has 0 aromatic heterocycles. The molecule has 459 valence electrons. The van der Waals surface area contributed by atoms with Gasteiger partial charge in [-0.15, -0.1) is 0 Å². The van der Waals surface area contributed by atoms with Gasteiger partial charge in [-0.2, -0.15) is 0 Å². The summed E-state index contributed by atoms with van der Waals surface area (Å²) in [5, 5.41) is 19.6. The van der Waals surface area contributed by atoms with E-state index in [-0.39, 0.29) is 7.25 Å². The number of allylic oxidation sites excluding steroid dienone is 2. The summed E-state index contributed by atoms with van der Waals surface area (Å²) in [6.45, 7) is 5.13. The van der Waals surface area contributed by atoms with Crippen LogP contribution in [0.5, 0.6) is 0 Å². The van der Waals surface area contributed by atoms with Crippen LogP contribution >= 0.6 is 17.0 Å². The van der Waals surface area contributed by atoms with E-state index in [2.05, 4.69) is 329 Å². The van der Waals surface area contributed by atoms with Crippen molar-refractivity contribution in [1.82, 2.24) is 0 Å². The first-order valence-electron chi connectivity index (χ1n) is 34.2. The first-order valence-corrected chi connectivity index (χ1v) is 50.5. The van der Waals surface area contributed by atoms with Crippen LogP contribution < -0.4 is 0 Å². The second kappa shape index (κ2) is 23.5. The Hall–Kier alpha value is -9.24. The molecule has 2 unspecified atom stereocenters. The van der Waals surface area contributed by atoms with E-state index in [4.69, 9.17) is 0 Å². The molecule has 0 aliphatic heterocycles. The van der Waals surface area contributed by atoms with Gasteiger partial charge in [0, 0.05) is 0 Å². The molecule has 16 aromatic rings. The van der Waals surface area contributed by atoms with E-state index in [1.54, 1.807) is 0 Å². The predicted molar refractivity (Wildman–Crippen MR) is 416 cm³/mol. The first-order chi connectivity index (χ1) is 47.2. The van der Waals surface area contributed by atoms with Crippen LogP contribution in [0.3, 0.4) is 0 Å². The van der Waals surface area contributed by atoms with Crippen LogP contribution in [-0.2, 0) is 28.4 Å². The van der Waals surface area contributed by atoms with E-state index >= 15 is 0 Å². The van der Waals surface area contributed by atoms with E-state index in [1.807, 2.05) is 0 Å². The second-order valence-electron chi connectivity index (χ2n) is 27.4. The van der Waals surface area contributed by atoms with E-state index in [1.165, 1.54) is 175 Å². The fourth-order valence-electron chi connectivity index (χ4n) is 17.6. The molecule has 0 N–H and O–H groups in total. The Labute approximate surface area is 570 Å². The summed E-state index contributed by atoms with van der Waals surface area (Å²) in [5.41, 5.74) is 20.3. The van der Waals surface area contributed by atoms with E-state index in [0.717, 1.165) is 25.7 Å². The molecule has 0 saturated carbocycles. The van der Waals surface area contributed by atoms with Gasteiger partial charge < -0.3 is 0 Å². The molecule has 2 aliphatic rings. The quantitative estimate of drug-likeness (QED) is 0.0797. The number of hydrogen-bond donors (Lipinski definition) is 0. The van der Waals surface area contributed by atoms with Gasteiger partial charge in [0.05, 0.1) is 0 Å². The molecule has 2 aliphatic carbocycles. The number of fused-ring (bicyclic) bond motifs is 10. The van der Waals surface area contributed by atoms with Crippen molar-refractivity contribution in [2.24, 2.45) is 0 Å². The van der Waals surface area contributed by atoms with Crippen molar-refractivity contribution in [2.75, 3.05) is 0 Å². The van der Waals surface area contributed by atoms with Gasteiger partial charge in [-0.3, -0.25) is 0 Å². The molecule has 0 bridgehead atoms. The van der Waals surface area contributed by atoms with Crippen molar-refractivity contribution in [3.05, 3.63) is 348 Å². The van der Waals surface area contributed by atoms with E-state index in [0.29, 0.717) is 0 Å². The molecule has 2 atom stereocenters. The summed E-state index contributed by atoms with van der Waals surface area (Å²) in [5.74, 6) is -2.32. The molecule has 0 saturated heterocycles. The van der Waals surface area contributed by atoms with Gasteiger partial charge in [0.15, 0.2) is 0 Å². The van der Waals surface area contributed by atoms with Crippen LogP contribution in [-0.4, -0.2) is 5.92 Å². The molecule has 0 radical (unpaired) electrons. The van der Waals surface area contributed by atoms with Crippen LogP contribution in [0.15, 0.2) is 314 Å². The molecule has 0 fully saturated rings. The van der Waals surface area contributed by atoms with Gasteiger partial charge in [-0.1, -0.05) is 0 Å². The van der Waals surface area contributed by atoms with Crippen molar-refractivity contribution >= 4 is 121 Å². The topological polar surface area (TPSA) is 0 Å². The molecule has 96 heavy (non-hydrogen) atoms. The van der Waals surface area contributed by atoms with Crippen LogP contribution in [0.25, 0.3) is 143 Å². The molecular formula is C92H69Cl2SiZr. The SMILES string of the molecule is C[SiH](C)[Zr]([Cl])([Cl])([CH]1C(CCc2ccccc2)=Cc2c(-c3c4ccccc4cc4ccccc34)ccc(-c3c4ccccc4cc4ccccc34)c21)[CH]1C(CCc2ccccc2)=Cc2c(-c3c4ccccc4cc4ccccc34)ccc(-c3c4ccccc4cc4ccccc34)c21. The summed E-state index contributed by atoms with van der Waals surface area (Å²) in [6.07, 6.45) is 8.59. The van der Waals surface area contributed by atoms with Gasteiger partial charge in [0.25, 0.3) is 0 Å². The maximum absolute atomic E-state index is 10.3. The zero-order valence-corrected chi connectivity index (χ0v) is 59.0. The van der Waals surface area contributed by atoms with E-state index < -0.39 is 21.5 Å². The first kappa shape index (κ1) is 59.3. The fourth-order valence-corrected chi connectivity index (χ4v) is 48.8. The minimum atomic E-state index is -6.11. The third-order valence-electron chi connectivity index (χ3n) is 22.0. The standard InChI is InChI=1S/2C45H31.C2H7Si.2ClH.Zr/c2*1-2-12-30(13-3-1)22-23-31-26-42-40(44-36-18-8-4-14-32(36)28-33-15-5-9-19-37(33)44)24-25-41(43(42)27-31)45-38-20-10-6-16-34(38)29-35-17-7-11-21-39(35)45;1-3-2;;;/h2*1-21,24-29H,22-23H2;3H,1-2H3;2*1H;/q;;;;;+2/p-2. The normalized spacial score (nSPS) is 15.1. The summed E-state index contributed by atoms with van der Waals surface area (Å²) >= 11 is -6.11. The zero-order chi connectivity index (χ0) is 64.3. The molecule has 0 spiro atoms. The molecule has 0 heterocycles. The number of aryl methyl sites for hydroxylation is 2. The number of halogens is 2. The molecule has 0 amide bonds. The molecule has 18 rings (SSSR count). The Bertz CT molecular complexity index is 5370. The average molecular weight is 1360 g/mol. The van der Waals surface area contributed by atoms with Gasteiger partial charge in [-0.05, 0) is 0 Å². The van der Waals surface area contributed by atoms with Crippen molar-refractivity contribution in [2.45, 2.75) is 46.0 Å². The van der Waals surface area contributed by atoms with Gasteiger partial charge in [0.2, 0.25) is 0 Å². The van der Waals surface area contributed by atoms with Crippen LogP contribution in [0.2, 0.25) is 13.1 Å².